The van der Waals surface area contributed by atoms with Gasteiger partial charge in [0.05, 0.1) is 17.9 Å². The number of amides is 3. The molecule has 0 saturated heterocycles. The summed E-state index contributed by atoms with van der Waals surface area (Å²) in [4.78, 5) is 46.6. The Bertz CT molecular complexity index is 839. The lowest BCUT2D eigenvalue weighted by Gasteiger charge is -2.29. The number of benzene rings is 1. The summed E-state index contributed by atoms with van der Waals surface area (Å²) in [6, 6.07) is 3.84. The molecule has 0 fully saturated rings. The fraction of sp³-hybridized carbons (Fsp3) is 0.444. The molecule has 1 aliphatic rings. The summed E-state index contributed by atoms with van der Waals surface area (Å²) in [5.41, 5.74) is 4.76. The van der Waals surface area contributed by atoms with E-state index < -0.39 is 49.1 Å². The predicted molar refractivity (Wildman–Crippen MR) is 104 cm³/mol. The van der Waals surface area contributed by atoms with E-state index in [0.29, 0.717) is 5.56 Å². The summed E-state index contributed by atoms with van der Waals surface area (Å²) in [7, 11) is -1.44. The molecular formula is C18H24BN3O8. The number of fused-ring (bicyclic) bond motifs is 1. The number of carbonyl (C=O) groups is 4. The Morgan fingerprint density at radius 3 is 2.60 bits per heavy atom. The van der Waals surface area contributed by atoms with E-state index in [0.717, 1.165) is 0 Å². The lowest BCUT2D eigenvalue weighted by atomic mass is 9.72. The van der Waals surface area contributed by atoms with E-state index in [1.54, 1.807) is 32.9 Å². The van der Waals surface area contributed by atoms with Crippen LogP contribution in [0.15, 0.2) is 18.2 Å². The molecule has 1 aliphatic heterocycles. The topological polar surface area (TPSA) is 166 Å². The predicted octanol–water partition coefficient (Wildman–Crippen LogP) is -0.502. The van der Waals surface area contributed by atoms with Crippen LogP contribution in [0.4, 0.5) is 4.79 Å². The van der Waals surface area contributed by atoms with E-state index in [9.17, 15) is 24.2 Å². The van der Waals surface area contributed by atoms with Crippen molar-refractivity contribution in [2.45, 2.75) is 33.1 Å². The van der Waals surface area contributed by atoms with Gasteiger partial charge in [0.1, 0.15) is 11.3 Å². The molecule has 0 saturated carbocycles. The van der Waals surface area contributed by atoms with Crippen molar-refractivity contribution in [3.05, 3.63) is 29.3 Å². The average molecular weight is 421 g/mol. The van der Waals surface area contributed by atoms with E-state index in [2.05, 4.69) is 10.6 Å². The maximum atomic E-state index is 12.4. The third-order valence-electron chi connectivity index (χ3n) is 4.10. The largest absolute Gasteiger partial charge is 0.547 e. The van der Waals surface area contributed by atoms with Crippen LogP contribution in [0.5, 0.6) is 5.75 Å². The average Bonchev–Trinajstić information content (AvgIpc) is 2.65. The Labute approximate surface area is 173 Å². The summed E-state index contributed by atoms with van der Waals surface area (Å²) in [5, 5.41) is 14.9. The van der Waals surface area contributed by atoms with Gasteiger partial charge in [-0.2, -0.15) is 0 Å². The molecule has 1 aromatic carbocycles. The molecule has 0 spiro atoms. The number of hydrogen-bond acceptors (Lipinski definition) is 8. The molecule has 30 heavy (non-hydrogen) atoms. The first-order valence-corrected chi connectivity index (χ1v) is 9.12. The molecule has 0 aromatic heterocycles. The molecule has 0 unspecified atom stereocenters. The molecule has 0 radical (unpaired) electrons. The van der Waals surface area contributed by atoms with Crippen LogP contribution in [0.3, 0.4) is 0 Å². The Morgan fingerprint density at radius 2 is 1.97 bits per heavy atom. The zero-order valence-electron chi connectivity index (χ0n) is 16.9. The second-order valence-corrected chi connectivity index (χ2v) is 7.63. The van der Waals surface area contributed by atoms with Crippen LogP contribution in [-0.2, 0) is 25.5 Å². The van der Waals surface area contributed by atoms with Gasteiger partial charge in [0.2, 0.25) is 12.7 Å². The number of nitrogens with two attached hydrogens (primary N) is 1. The van der Waals surface area contributed by atoms with Crippen molar-refractivity contribution >= 4 is 31.0 Å². The van der Waals surface area contributed by atoms with Crippen LogP contribution in [0.1, 0.15) is 36.7 Å². The Hall–Kier alpha value is -3.28. The summed E-state index contributed by atoms with van der Waals surface area (Å²) >= 11 is 0. The van der Waals surface area contributed by atoms with E-state index in [1.807, 2.05) is 0 Å². The van der Waals surface area contributed by atoms with Gasteiger partial charge >= 0.3 is 25.1 Å². The van der Waals surface area contributed by atoms with Crippen LogP contribution in [0.25, 0.3) is 0 Å². The smallest absolute Gasteiger partial charge is 0.534 e. The highest BCUT2D eigenvalue weighted by molar-refractivity contribution is 6.47. The first kappa shape index (κ1) is 23.0. The van der Waals surface area contributed by atoms with Crippen molar-refractivity contribution in [1.82, 2.24) is 10.6 Å². The summed E-state index contributed by atoms with van der Waals surface area (Å²) in [6.45, 7) is 4.08. The van der Waals surface area contributed by atoms with Crippen LogP contribution < -0.4 is 21.0 Å². The third kappa shape index (κ3) is 6.11. The number of rotatable bonds is 6. The van der Waals surface area contributed by atoms with Crippen molar-refractivity contribution in [3.8, 4) is 5.75 Å². The molecule has 1 aromatic rings. The summed E-state index contributed by atoms with van der Waals surface area (Å²) in [5.74, 6) is -2.59. The van der Waals surface area contributed by atoms with Crippen molar-refractivity contribution < 1.29 is 38.3 Å². The van der Waals surface area contributed by atoms with Gasteiger partial charge in [-0.3, -0.25) is 9.59 Å². The number of urea groups is 1. The summed E-state index contributed by atoms with van der Waals surface area (Å²) < 4.78 is 15.3. The normalized spacial score (nSPS) is 15.3. The van der Waals surface area contributed by atoms with Gasteiger partial charge in [0.15, 0.2) is 0 Å². The van der Waals surface area contributed by atoms with Gasteiger partial charge in [0.25, 0.3) is 0 Å². The number of para-hydroxylation sites is 1. The van der Waals surface area contributed by atoms with Crippen LogP contribution in [0.2, 0.25) is 0 Å². The monoisotopic (exact) mass is 421 g/mol. The molecule has 1 heterocycles. The number of ether oxygens (including phenoxy) is 2. The highest BCUT2D eigenvalue weighted by Gasteiger charge is 2.38. The van der Waals surface area contributed by atoms with E-state index >= 15 is 0 Å². The second kappa shape index (κ2) is 9.48. The third-order valence-corrected chi connectivity index (χ3v) is 4.10. The van der Waals surface area contributed by atoms with Gasteiger partial charge in [0, 0.05) is 0 Å². The molecule has 11 nitrogen and oxygen atoms in total. The highest BCUT2D eigenvalue weighted by Crippen LogP contribution is 2.30. The van der Waals surface area contributed by atoms with E-state index in [1.165, 1.54) is 6.07 Å². The van der Waals surface area contributed by atoms with Gasteiger partial charge in [-0.25, -0.2) is 9.59 Å². The Kier molecular flexibility index (Phi) is 7.27. The van der Waals surface area contributed by atoms with Crippen molar-refractivity contribution in [2.75, 3.05) is 13.3 Å². The van der Waals surface area contributed by atoms with Crippen LogP contribution >= 0.6 is 0 Å². The maximum Gasteiger partial charge on any atom is 0.547 e. The van der Waals surface area contributed by atoms with Gasteiger partial charge in [-0.1, -0.05) is 12.1 Å². The Balaban J connectivity index is 2.01. The first-order valence-electron chi connectivity index (χ1n) is 9.12. The molecule has 0 bridgehead atoms. The Morgan fingerprint density at radius 1 is 1.27 bits per heavy atom. The fourth-order valence-corrected chi connectivity index (χ4v) is 2.56. The van der Waals surface area contributed by atoms with Gasteiger partial charge in [-0.05, 0) is 38.8 Å². The zero-order chi connectivity index (χ0) is 22.5. The molecule has 2 rings (SSSR count). The van der Waals surface area contributed by atoms with E-state index in [-0.39, 0.29) is 24.3 Å². The molecule has 5 N–H and O–H groups in total. The molecule has 1 atom stereocenters. The number of carbonyl (C=O) groups excluding carboxylic acids is 4. The standard InChI is InChI=1S/C18H24BN3O8/c1-18(2,3)16(25)29-9-28-15(24)11-6-4-5-10-7-12(19(27)30-14(10)11)22-13(23)8-21-17(20)26/h4-6,12,27H,7-9H2,1-3H3,(H,22,23)(H3,20,21,26)/t12-/m0/s1. The lowest BCUT2D eigenvalue weighted by molar-refractivity contribution is -0.161. The van der Waals surface area contributed by atoms with Crippen LogP contribution in [-0.4, -0.2) is 55.3 Å². The minimum Gasteiger partial charge on any atom is -0.534 e. The van der Waals surface area contributed by atoms with E-state index in [4.69, 9.17) is 19.9 Å². The molecular weight excluding hydrogens is 397 g/mol. The number of primary amides is 1. The molecule has 0 aliphatic carbocycles. The van der Waals surface area contributed by atoms with Crippen molar-refractivity contribution in [3.63, 3.8) is 0 Å². The minimum absolute atomic E-state index is 0.0403. The summed E-state index contributed by atoms with van der Waals surface area (Å²) in [6.07, 6.45) is 0.166. The van der Waals surface area contributed by atoms with Gasteiger partial charge in [-0.15, -0.1) is 0 Å². The van der Waals surface area contributed by atoms with Gasteiger partial charge < -0.3 is 35.5 Å². The zero-order valence-corrected chi connectivity index (χ0v) is 16.9. The highest BCUT2D eigenvalue weighted by atomic mass is 16.7. The molecule has 3 amide bonds. The number of nitrogens with one attached hydrogen (secondary N) is 2. The number of hydrogen-bond donors (Lipinski definition) is 4. The van der Waals surface area contributed by atoms with Crippen molar-refractivity contribution in [1.29, 1.82) is 0 Å². The fourth-order valence-electron chi connectivity index (χ4n) is 2.56. The number of esters is 2. The van der Waals surface area contributed by atoms with Crippen molar-refractivity contribution in [2.24, 2.45) is 11.1 Å². The first-order chi connectivity index (χ1) is 14.0. The molecule has 162 valence electrons. The lowest BCUT2D eigenvalue weighted by Crippen LogP contribution is -2.55. The maximum absolute atomic E-state index is 12.4. The minimum atomic E-state index is -1.44. The van der Waals surface area contributed by atoms with Crippen LogP contribution in [0, 0.1) is 5.41 Å². The SMILES string of the molecule is CC(C)(C)C(=O)OCOC(=O)c1cccc2c1OB(O)[C@@H](NC(=O)CNC(N)=O)C2. The molecule has 12 heteroatoms. The quantitative estimate of drug-likeness (QED) is 0.271. The second-order valence-electron chi connectivity index (χ2n) is 7.63.